The van der Waals surface area contributed by atoms with E-state index in [2.05, 4.69) is 46.3 Å². The van der Waals surface area contributed by atoms with Crippen LogP contribution in [0.2, 0.25) is 0 Å². The number of methoxy groups -OCH3 is 1. The second-order valence-corrected chi connectivity index (χ2v) is 6.53. The molecule has 1 atom stereocenters. The number of carbonyl (C=O) groups excluding carboxylic acids is 1. The van der Waals surface area contributed by atoms with Gasteiger partial charge < -0.3 is 15.2 Å². The molecule has 19 heavy (non-hydrogen) atoms. The fourth-order valence-electron chi connectivity index (χ4n) is 2.30. The second-order valence-electron chi connectivity index (χ2n) is 6.53. The lowest BCUT2D eigenvalue weighted by Crippen LogP contribution is -2.46. The van der Waals surface area contributed by atoms with Crippen LogP contribution in [0.15, 0.2) is 0 Å². The molecule has 4 nitrogen and oxygen atoms in total. The van der Waals surface area contributed by atoms with Crippen molar-refractivity contribution in [1.82, 2.24) is 0 Å². The molecule has 0 bridgehead atoms. The van der Waals surface area contributed by atoms with Gasteiger partial charge in [0, 0.05) is 0 Å². The molecule has 0 spiro atoms. The molecule has 114 valence electrons. The summed E-state index contributed by atoms with van der Waals surface area (Å²) in [5.74, 6) is -0.428. The number of ether oxygens (including phenoxy) is 2. The molecule has 2 N–H and O–H groups in total. The molecule has 0 fully saturated rings. The van der Waals surface area contributed by atoms with E-state index >= 15 is 0 Å². The number of nitrogens with two attached hydrogens (primary N) is 1. The van der Waals surface area contributed by atoms with Gasteiger partial charge >= 0.3 is 5.97 Å². The highest BCUT2D eigenvalue weighted by Crippen LogP contribution is 2.40. The number of rotatable bonds is 8. The van der Waals surface area contributed by atoms with Gasteiger partial charge in [-0.3, -0.25) is 4.79 Å². The summed E-state index contributed by atoms with van der Waals surface area (Å²) in [6.07, 6.45) is 2.06. The van der Waals surface area contributed by atoms with Crippen LogP contribution < -0.4 is 5.73 Å². The van der Waals surface area contributed by atoms with Crippen molar-refractivity contribution in [2.75, 3.05) is 13.7 Å². The smallest absolute Gasteiger partial charge is 0.325 e. The zero-order valence-corrected chi connectivity index (χ0v) is 13.6. The van der Waals surface area contributed by atoms with Crippen LogP contribution in [-0.4, -0.2) is 31.8 Å². The van der Waals surface area contributed by atoms with Gasteiger partial charge in [0.05, 0.1) is 19.8 Å². The molecule has 0 saturated heterocycles. The van der Waals surface area contributed by atoms with Crippen molar-refractivity contribution in [3.63, 3.8) is 0 Å². The van der Waals surface area contributed by atoms with Crippen molar-refractivity contribution in [3.8, 4) is 0 Å². The first-order chi connectivity index (χ1) is 8.62. The Hall–Kier alpha value is -0.610. The van der Waals surface area contributed by atoms with Crippen LogP contribution in [0.4, 0.5) is 0 Å². The molecular formula is C15H31NO3. The van der Waals surface area contributed by atoms with Crippen LogP contribution in [0.1, 0.15) is 54.4 Å². The first-order valence-electron chi connectivity index (χ1n) is 7.07. The summed E-state index contributed by atoms with van der Waals surface area (Å²) in [5.41, 5.74) is 5.82. The number of hydrogen-bond acceptors (Lipinski definition) is 4. The Morgan fingerprint density at radius 2 is 1.53 bits per heavy atom. The molecule has 0 aromatic carbocycles. The first kappa shape index (κ1) is 18.4. The standard InChI is InChI=1S/C15H31NO3/c1-8-14(3,4)13(15(5,6)9-2)19-10-11(16)12(17)18-7/h11,13H,8-10,16H2,1-7H3. The minimum atomic E-state index is -0.715. The van der Waals surface area contributed by atoms with Gasteiger partial charge in [0.1, 0.15) is 6.04 Å². The number of esters is 1. The first-order valence-corrected chi connectivity index (χ1v) is 7.07. The van der Waals surface area contributed by atoms with Gasteiger partial charge in [0.15, 0.2) is 0 Å². The van der Waals surface area contributed by atoms with Crippen LogP contribution in [0, 0.1) is 10.8 Å². The predicted molar refractivity (Wildman–Crippen MR) is 77.9 cm³/mol. The van der Waals surface area contributed by atoms with E-state index in [9.17, 15) is 4.79 Å². The highest BCUT2D eigenvalue weighted by molar-refractivity contribution is 5.75. The van der Waals surface area contributed by atoms with Gasteiger partial charge in [-0.25, -0.2) is 0 Å². The van der Waals surface area contributed by atoms with Crippen molar-refractivity contribution in [1.29, 1.82) is 0 Å². The van der Waals surface area contributed by atoms with E-state index in [1.165, 1.54) is 7.11 Å². The zero-order valence-electron chi connectivity index (χ0n) is 13.6. The van der Waals surface area contributed by atoms with Gasteiger partial charge in [-0.2, -0.15) is 0 Å². The van der Waals surface area contributed by atoms with Crippen molar-refractivity contribution in [2.24, 2.45) is 16.6 Å². The Morgan fingerprint density at radius 1 is 1.11 bits per heavy atom. The normalized spacial score (nSPS) is 14.6. The summed E-state index contributed by atoms with van der Waals surface area (Å²) in [6, 6.07) is -0.715. The average Bonchev–Trinajstić information content (AvgIpc) is 2.37. The molecule has 1 unspecified atom stereocenters. The van der Waals surface area contributed by atoms with E-state index < -0.39 is 12.0 Å². The second kappa shape index (κ2) is 7.25. The van der Waals surface area contributed by atoms with Crippen molar-refractivity contribution < 1.29 is 14.3 Å². The summed E-state index contributed by atoms with van der Waals surface area (Å²) < 4.78 is 10.6. The third-order valence-corrected chi connectivity index (χ3v) is 4.19. The molecule has 0 aromatic heterocycles. The molecule has 0 heterocycles. The van der Waals surface area contributed by atoms with Crippen LogP contribution in [0.3, 0.4) is 0 Å². The average molecular weight is 273 g/mol. The summed E-state index contributed by atoms with van der Waals surface area (Å²) in [6.45, 7) is 13.3. The summed E-state index contributed by atoms with van der Waals surface area (Å²) in [7, 11) is 1.34. The third-order valence-electron chi connectivity index (χ3n) is 4.19. The lowest BCUT2D eigenvalue weighted by molar-refractivity contribution is -0.148. The van der Waals surface area contributed by atoms with Gasteiger partial charge in [-0.1, -0.05) is 41.5 Å². The van der Waals surface area contributed by atoms with Gasteiger partial charge in [-0.05, 0) is 23.7 Å². The predicted octanol–water partition coefficient (Wildman–Crippen LogP) is 2.74. The highest BCUT2D eigenvalue weighted by Gasteiger charge is 2.40. The lowest BCUT2D eigenvalue weighted by Gasteiger charge is -2.44. The SMILES string of the molecule is CCC(C)(C)C(OCC(N)C(=O)OC)C(C)(C)CC. The zero-order chi connectivity index (χ0) is 15.3. The maximum Gasteiger partial charge on any atom is 0.325 e. The molecule has 0 aliphatic carbocycles. The fourth-order valence-corrected chi connectivity index (χ4v) is 2.30. The van der Waals surface area contributed by atoms with E-state index in [1.807, 2.05) is 0 Å². The summed E-state index contributed by atoms with van der Waals surface area (Å²) >= 11 is 0. The molecule has 0 aliphatic heterocycles. The van der Waals surface area contributed by atoms with E-state index in [4.69, 9.17) is 10.5 Å². The molecule has 0 saturated carbocycles. The minimum Gasteiger partial charge on any atom is -0.468 e. The van der Waals surface area contributed by atoms with Crippen LogP contribution in [0.5, 0.6) is 0 Å². The van der Waals surface area contributed by atoms with Crippen molar-refractivity contribution >= 4 is 5.97 Å². The number of carbonyl (C=O) groups is 1. The molecule has 0 aromatic rings. The molecule has 0 radical (unpaired) electrons. The van der Waals surface area contributed by atoms with E-state index in [1.54, 1.807) is 0 Å². The minimum absolute atomic E-state index is 0.0371. The van der Waals surface area contributed by atoms with Crippen molar-refractivity contribution in [2.45, 2.75) is 66.5 Å². The Bertz CT molecular complexity index is 271. The number of hydrogen-bond donors (Lipinski definition) is 1. The molecule has 0 rings (SSSR count). The van der Waals surface area contributed by atoms with Crippen LogP contribution in [-0.2, 0) is 14.3 Å². The maximum atomic E-state index is 11.3. The highest BCUT2D eigenvalue weighted by atomic mass is 16.5. The lowest BCUT2D eigenvalue weighted by atomic mass is 9.69. The van der Waals surface area contributed by atoms with E-state index in [0.29, 0.717) is 0 Å². The van der Waals surface area contributed by atoms with Gasteiger partial charge in [0.2, 0.25) is 0 Å². The summed E-state index contributed by atoms with van der Waals surface area (Å²) in [5, 5.41) is 0. The van der Waals surface area contributed by atoms with Crippen molar-refractivity contribution in [3.05, 3.63) is 0 Å². The Balaban J connectivity index is 4.85. The fraction of sp³-hybridized carbons (Fsp3) is 0.933. The van der Waals surface area contributed by atoms with Crippen LogP contribution in [0.25, 0.3) is 0 Å². The topological polar surface area (TPSA) is 61.5 Å². The molecular weight excluding hydrogens is 242 g/mol. The Morgan fingerprint density at radius 3 is 1.84 bits per heavy atom. The Labute approximate surface area is 118 Å². The van der Waals surface area contributed by atoms with Crippen LogP contribution >= 0.6 is 0 Å². The maximum absolute atomic E-state index is 11.3. The Kier molecular flexibility index (Phi) is 7.01. The monoisotopic (exact) mass is 273 g/mol. The van der Waals surface area contributed by atoms with Gasteiger partial charge in [-0.15, -0.1) is 0 Å². The molecule has 4 heteroatoms. The van der Waals surface area contributed by atoms with E-state index in [0.717, 1.165) is 12.8 Å². The quantitative estimate of drug-likeness (QED) is 0.691. The van der Waals surface area contributed by atoms with E-state index in [-0.39, 0.29) is 23.5 Å². The third kappa shape index (κ3) is 5.11. The van der Waals surface area contributed by atoms with Gasteiger partial charge in [0.25, 0.3) is 0 Å². The molecule has 0 amide bonds. The summed E-state index contributed by atoms with van der Waals surface area (Å²) in [4.78, 5) is 11.3. The molecule has 0 aliphatic rings. The largest absolute Gasteiger partial charge is 0.468 e.